The van der Waals surface area contributed by atoms with Crippen molar-refractivity contribution in [3.63, 3.8) is 0 Å². The molecular weight excluding hydrogens is 544 g/mol. The summed E-state index contributed by atoms with van der Waals surface area (Å²) in [6, 6.07) is 7.67. The number of nitrogens with one attached hydrogen (secondary N) is 1. The summed E-state index contributed by atoms with van der Waals surface area (Å²) in [5.41, 5.74) is -0.0292. The van der Waals surface area contributed by atoms with Gasteiger partial charge in [-0.1, -0.05) is 12.1 Å². The minimum Gasteiger partial charge on any atom is -0.598 e. The number of pyridine rings is 2. The SMILES string of the molecule is CC(C)(C)[S+]([O-])NC(c1ccc(F)c(F)c1)(c1ccc(CN2CCC3(CC2)OCc2ccncc23)cn1)C(F)F. The number of alkyl halides is 2. The Morgan fingerprint density at radius 3 is 2.45 bits per heavy atom. The maximum atomic E-state index is 15.0. The summed E-state index contributed by atoms with van der Waals surface area (Å²) in [7, 11) is 0. The first kappa shape index (κ1) is 28.9. The number of rotatable bonds is 7. The molecule has 1 spiro atoms. The fourth-order valence-corrected chi connectivity index (χ4v) is 6.24. The van der Waals surface area contributed by atoms with E-state index in [4.69, 9.17) is 4.74 Å². The van der Waals surface area contributed by atoms with Crippen LogP contribution in [0, 0.1) is 11.6 Å². The molecule has 2 aromatic heterocycles. The van der Waals surface area contributed by atoms with Crippen LogP contribution < -0.4 is 4.72 Å². The standard InChI is InChI=1S/C29H32F4N4O2S/c1-27(2,3)40(38)36-29(26(32)33,21-5-6-23(30)24(31)14-21)25-7-4-19(15-35-25)17-37-12-9-28(10-13-37)22-16-34-11-8-20(22)18-39-28/h4-8,11,14-16,26,36H,9-10,12-13,17-18H2,1-3H3. The molecule has 0 aliphatic carbocycles. The highest BCUT2D eigenvalue weighted by molar-refractivity contribution is 7.90. The fraction of sp³-hybridized carbons (Fsp3) is 0.448. The quantitative estimate of drug-likeness (QED) is 0.303. The first-order chi connectivity index (χ1) is 18.9. The van der Waals surface area contributed by atoms with Gasteiger partial charge in [0.05, 0.1) is 17.9 Å². The van der Waals surface area contributed by atoms with Crippen LogP contribution >= 0.6 is 0 Å². The minimum absolute atomic E-state index is 0.143. The highest BCUT2D eigenvalue weighted by atomic mass is 32.2. The zero-order chi connectivity index (χ0) is 28.7. The van der Waals surface area contributed by atoms with Gasteiger partial charge in [-0.3, -0.25) is 14.9 Å². The summed E-state index contributed by atoms with van der Waals surface area (Å²) in [6.45, 7) is 7.57. The van der Waals surface area contributed by atoms with Crippen molar-refractivity contribution in [2.75, 3.05) is 13.1 Å². The number of aromatic nitrogens is 2. The molecule has 1 fully saturated rings. The van der Waals surface area contributed by atoms with Gasteiger partial charge in [0.2, 0.25) is 0 Å². The summed E-state index contributed by atoms with van der Waals surface area (Å²) < 4.78 is 78.7. The molecule has 2 aliphatic rings. The number of benzene rings is 1. The molecule has 40 heavy (non-hydrogen) atoms. The fourth-order valence-electron chi connectivity index (χ4n) is 5.33. The van der Waals surface area contributed by atoms with Crippen molar-refractivity contribution >= 4 is 11.4 Å². The van der Waals surface area contributed by atoms with Crippen LogP contribution in [-0.2, 0) is 40.4 Å². The molecule has 2 unspecified atom stereocenters. The number of fused-ring (bicyclic) bond motifs is 2. The Morgan fingerprint density at radius 2 is 1.82 bits per heavy atom. The van der Waals surface area contributed by atoms with Crippen molar-refractivity contribution in [2.24, 2.45) is 0 Å². The van der Waals surface area contributed by atoms with E-state index in [1.54, 1.807) is 33.0 Å². The Morgan fingerprint density at radius 1 is 1.07 bits per heavy atom. The lowest BCUT2D eigenvalue weighted by Gasteiger charge is -2.39. The van der Waals surface area contributed by atoms with Gasteiger partial charge >= 0.3 is 0 Å². The summed E-state index contributed by atoms with van der Waals surface area (Å²) in [4.78, 5) is 10.9. The van der Waals surface area contributed by atoms with E-state index in [-0.39, 0.29) is 16.9 Å². The van der Waals surface area contributed by atoms with Gasteiger partial charge < -0.3 is 9.29 Å². The van der Waals surface area contributed by atoms with Crippen LogP contribution in [0.5, 0.6) is 0 Å². The monoisotopic (exact) mass is 576 g/mol. The number of likely N-dealkylation sites (tertiary alicyclic amines) is 1. The van der Waals surface area contributed by atoms with E-state index in [9.17, 15) is 22.1 Å². The number of nitrogens with zero attached hydrogens (tertiary/aromatic N) is 3. The lowest BCUT2D eigenvalue weighted by atomic mass is 9.84. The second-order valence-corrected chi connectivity index (χ2v) is 13.3. The molecule has 0 saturated carbocycles. The van der Waals surface area contributed by atoms with E-state index in [0.29, 0.717) is 19.2 Å². The third kappa shape index (κ3) is 5.37. The molecule has 2 aliphatic heterocycles. The molecule has 0 amide bonds. The lowest BCUT2D eigenvalue weighted by molar-refractivity contribution is -0.0800. The maximum Gasteiger partial charge on any atom is 0.270 e. The molecule has 6 nitrogen and oxygen atoms in total. The highest BCUT2D eigenvalue weighted by Gasteiger charge is 2.51. The lowest BCUT2D eigenvalue weighted by Crippen LogP contribution is -2.56. The molecular formula is C29H32F4N4O2S. The van der Waals surface area contributed by atoms with Crippen molar-refractivity contribution in [3.05, 3.63) is 94.6 Å². The molecule has 1 saturated heterocycles. The van der Waals surface area contributed by atoms with Crippen LogP contribution in [0.1, 0.15) is 61.6 Å². The summed E-state index contributed by atoms with van der Waals surface area (Å²) in [6.07, 6.45) is 3.62. The largest absolute Gasteiger partial charge is 0.598 e. The Kier molecular flexibility index (Phi) is 7.97. The van der Waals surface area contributed by atoms with Crippen LogP contribution in [-0.4, -0.2) is 43.7 Å². The molecule has 11 heteroatoms. The van der Waals surface area contributed by atoms with Gasteiger partial charge in [-0.25, -0.2) is 17.6 Å². The minimum atomic E-state index is -3.18. The van der Waals surface area contributed by atoms with Gasteiger partial charge in [0.1, 0.15) is 4.75 Å². The zero-order valence-corrected chi connectivity index (χ0v) is 23.4. The molecule has 2 atom stereocenters. The number of piperidine rings is 1. The molecule has 0 bridgehead atoms. The Bertz CT molecular complexity index is 1350. The first-order valence-corrected chi connectivity index (χ1v) is 14.3. The molecule has 1 aromatic carbocycles. The second kappa shape index (κ2) is 11.0. The van der Waals surface area contributed by atoms with E-state index in [0.717, 1.165) is 49.2 Å². The molecule has 0 radical (unpaired) electrons. The highest BCUT2D eigenvalue weighted by Crippen LogP contribution is 2.44. The van der Waals surface area contributed by atoms with Gasteiger partial charge in [-0.15, -0.1) is 4.72 Å². The van der Waals surface area contributed by atoms with Gasteiger partial charge in [0.15, 0.2) is 17.2 Å². The van der Waals surface area contributed by atoms with Crippen LogP contribution in [0.2, 0.25) is 0 Å². The second-order valence-electron chi connectivity index (χ2n) is 11.4. The van der Waals surface area contributed by atoms with Crippen molar-refractivity contribution < 1.29 is 26.9 Å². The van der Waals surface area contributed by atoms with Gasteiger partial charge in [0.25, 0.3) is 6.43 Å². The third-order valence-electron chi connectivity index (χ3n) is 7.72. The summed E-state index contributed by atoms with van der Waals surface area (Å²) in [5, 5.41) is 0. The number of hydrogen-bond acceptors (Lipinski definition) is 6. The Labute approximate surface area is 234 Å². The normalized spacial score (nSPS) is 19.5. The van der Waals surface area contributed by atoms with Crippen molar-refractivity contribution in [1.82, 2.24) is 19.6 Å². The average molecular weight is 577 g/mol. The van der Waals surface area contributed by atoms with Crippen molar-refractivity contribution in [1.29, 1.82) is 0 Å². The molecule has 3 aromatic rings. The van der Waals surface area contributed by atoms with Gasteiger partial charge in [-0.05, 0) is 74.6 Å². The van der Waals surface area contributed by atoms with E-state index in [2.05, 4.69) is 19.6 Å². The molecule has 214 valence electrons. The molecule has 4 heterocycles. The summed E-state index contributed by atoms with van der Waals surface area (Å²) in [5.74, 6) is -2.45. The Balaban J connectivity index is 1.38. The predicted octanol–water partition coefficient (Wildman–Crippen LogP) is 5.34. The first-order valence-electron chi connectivity index (χ1n) is 13.1. The van der Waals surface area contributed by atoms with Crippen LogP contribution in [0.3, 0.4) is 0 Å². The third-order valence-corrected chi connectivity index (χ3v) is 9.34. The van der Waals surface area contributed by atoms with Gasteiger partial charge in [0, 0.05) is 55.2 Å². The van der Waals surface area contributed by atoms with E-state index in [1.165, 1.54) is 17.8 Å². The van der Waals surface area contributed by atoms with E-state index >= 15 is 0 Å². The number of halogens is 4. The van der Waals surface area contributed by atoms with Crippen molar-refractivity contribution in [2.45, 2.75) is 69.1 Å². The Hall–Kier alpha value is -2.57. The van der Waals surface area contributed by atoms with Crippen LogP contribution in [0.4, 0.5) is 17.6 Å². The molecule has 5 rings (SSSR count). The zero-order valence-electron chi connectivity index (χ0n) is 22.6. The topological polar surface area (TPSA) is 73.3 Å². The summed E-state index contributed by atoms with van der Waals surface area (Å²) >= 11 is -1.98. The smallest absolute Gasteiger partial charge is 0.270 e. The average Bonchev–Trinajstić information content (AvgIpc) is 3.28. The van der Waals surface area contributed by atoms with E-state index in [1.807, 2.05) is 12.3 Å². The number of ether oxygens (including phenoxy) is 1. The van der Waals surface area contributed by atoms with E-state index < -0.39 is 39.7 Å². The van der Waals surface area contributed by atoms with Crippen LogP contribution in [0.15, 0.2) is 55.0 Å². The maximum absolute atomic E-state index is 15.0. The van der Waals surface area contributed by atoms with Crippen molar-refractivity contribution in [3.8, 4) is 0 Å². The molecule has 1 N–H and O–H groups in total. The van der Waals surface area contributed by atoms with Crippen LogP contribution in [0.25, 0.3) is 0 Å². The van der Waals surface area contributed by atoms with Gasteiger partial charge in [-0.2, -0.15) is 0 Å². The number of hydrogen-bond donors (Lipinski definition) is 1. The predicted molar refractivity (Wildman–Crippen MR) is 144 cm³/mol.